The number of amides is 1. The second-order valence-electron chi connectivity index (χ2n) is 4.66. The Bertz CT molecular complexity index is 742. The van der Waals surface area contributed by atoms with Crippen molar-refractivity contribution in [2.45, 2.75) is 23.1 Å². The van der Waals surface area contributed by atoms with E-state index < -0.39 is 0 Å². The average Bonchev–Trinajstić information content (AvgIpc) is 3.26. The summed E-state index contributed by atoms with van der Waals surface area (Å²) in [6, 6.07) is 5.63. The van der Waals surface area contributed by atoms with Crippen LogP contribution in [0.15, 0.2) is 46.6 Å². The third-order valence-electron chi connectivity index (χ3n) is 3.00. The molecular formula is C14H14N6OS2. The molecule has 118 valence electrons. The fourth-order valence-electron chi connectivity index (χ4n) is 1.81. The number of nitrogens with zero attached hydrogens (tertiary/aromatic N) is 5. The fraction of sp³-hybridized carbons (Fsp3) is 0.214. The highest BCUT2D eigenvalue weighted by molar-refractivity contribution is 8.02. The first-order valence-electron chi connectivity index (χ1n) is 6.88. The summed E-state index contributed by atoms with van der Waals surface area (Å²) in [5.41, 5.74) is 2.59. The maximum atomic E-state index is 12.1. The highest BCUT2D eigenvalue weighted by Crippen LogP contribution is 2.24. The summed E-state index contributed by atoms with van der Waals surface area (Å²) in [6.45, 7) is 2.28. The number of rotatable bonds is 6. The maximum Gasteiger partial charge on any atom is 0.233 e. The molecule has 1 atom stereocenters. The highest BCUT2D eigenvalue weighted by atomic mass is 32.2. The Hall–Kier alpha value is -2.26. The summed E-state index contributed by atoms with van der Waals surface area (Å²) in [4.78, 5) is 16.4. The van der Waals surface area contributed by atoms with Gasteiger partial charge in [0.05, 0.1) is 5.25 Å². The van der Waals surface area contributed by atoms with E-state index in [0.29, 0.717) is 6.54 Å². The van der Waals surface area contributed by atoms with Crippen molar-refractivity contribution in [3.8, 4) is 5.82 Å². The van der Waals surface area contributed by atoms with Gasteiger partial charge in [0.15, 0.2) is 10.2 Å². The van der Waals surface area contributed by atoms with E-state index >= 15 is 0 Å². The first-order chi connectivity index (χ1) is 11.2. The zero-order valence-corrected chi connectivity index (χ0v) is 13.9. The quantitative estimate of drug-likeness (QED) is 0.686. The van der Waals surface area contributed by atoms with Gasteiger partial charge in [-0.05, 0) is 24.6 Å². The number of hydrogen-bond donors (Lipinski definition) is 1. The van der Waals surface area contributed by atoms with E-state index in [0.717, 1.165) is 15.7 Å². The summed E-state index contributed by atoms with van der Waals surface area (Å²) in [6.07, 6.45) is 5.27. The predicted molar refractivity (Wildman–Crippen MR) is 88.4 cm³/mol. The van der Waals surface area contributed by atoms with Crippen LogP contribution in [-0.2, 0) is 11.3 Å². The van der Waals surface area contributed by atoms with Crippen molar-refractivity contribution < 1.29 is 4.79 Å². The summed E-state index contributed by atoms with van der Waals surface area (Å²) < 4.78 is 2.47. The molecule has 0 aliphatic heterocycles. The summed E-state index contributed by atoms with van der Waals surface area (Å²) in [7, 11) is 0. The van der Waals surface area contributed by atoms with Gasteiger partial charge in [-0.3, -0.25) is 4.79 Å². The van der Waals surface area contributed by atoms with Crippen molar-refractivity contribution in [2.24, 2.45) is 0 Å². The molecule has 23 heavy (non-hydrogen) atoms. The number of aromatic nitrogens is 5. The largest absolute Gasteiger partial charge is 0.351 e. The van der Waals surface area contributed by atoms with Crippen molar-refractivity contribution >= 4 is 29.0 Å². The molecule has 0 fully saturated rings. The summed E-state index contributed by atoms with van der Waals surface area (Å²) in [5, 5.41) is 14.5. The van der Waals surface area contributed by atoms with Crippen LogP contribution in [0.5, 0.6) is 0 Å². The predicted octanol–water partition coefficient (Wildman–Crippen LogP) is 1.92. The van der Waals surface area contributed by atoms with E-state index in [-0.39, 0.29) is 11.2 Å². The van der Waals surface area contributed by atoms with Crippen molar-refractivity contribution in [3.63, 3.8) is 0 Å². The Morgan fingerprint density at radius 2 is 2.39 bits per heavy atom. The van der Waals surface area contributed by atoms with Crippen LogP contribution in [0, 0.1) is 0 Å². The lowest BCUT2D eigenvalue weighted by molar-refractivity contribution is -0.120. The molecule has 3 aromatic heterocycles. The number of nitrogens with one attached hydrogen (secondary N) is 1. The molecule has 7 nitrogen and oxygen atoms in total. The van der Waals surface area contributed by atoms with Crippen LogP contribution in [0.1, 0.15) is 12.5 Å². The number of carbonyl (C=O) groups excluding carboxylic acids is 1. The van der Waals surface area contributed by atoms with Gasteiger partial charge in [0.25, 0.3) is 0 Å². The topological polar surface area (TPSA) is 85.6 Å². The summed E-state index contributed by atoms with van der Waals surface area (Å²) >= 11 is 2.83. The van der Waals surface area contributed by atoms with Gasteiger partial charge in [-0.2, -0.15) is 5.10 Å². The second-order valence-corrected chi connectivity index (χ2v) is 7.08. The van der Waals surface area contributed by atoms with Crippen LogP contribution in [0.3, 0.4) is 0 Å². The molecule has 0 bridgehead atoms. The molecule has 3 aromatic rings. The van der Waals surface area contributed by atoms with Gasteiger partial charge >= 0.3 is 0 Å². The minimum atomic E-state index is -0.223. The Morgan fingerprint density at radius 3 is 3.04 bits per heavy atom. The van der Waals surface area contributed by atoms with Gasteiger partial charge in [0.1, 0.15) is 5.51 Å². The van der Waals surface area contributed by atoms with E-state index in [9.17, 15) is 4.79 Å². The zero-order chi connectivity index (χ0) is 16.1. The van der Waals surface area contributed by atoms with Crippen LogP contribution >= 0.6 is 23.1 Å². The van der Waals surface area contributed by atoms with E-state index in [1.54, 1.807) is 22.6 Å². The molecule has 1 amide bonds. The molecule has 0 radical (unpaired) electrons. The first kappa shape index (κ1) is 15.6. The minimum Gasteiger partial charge on any atom is -0.351 e. The Kier molecular flexibility index (Phi) is 4.99. The number of pyridine rings is 1. The molecule has 0 aliphatic rings. The Morgan fingerprint density at radius 1 is 1.48 bits per heavy atom. The monoisotopic (exact) mass is 346 g/mol. The Balaban J connectivity index is 1.52. The molecule has 0 saturated carbocycles. The molecule has 0 saturated heterocycles. The molecule has 1 unspecified atom stereocenters. The number of carbonyl (C=O) groups is 1. The lowest BCUT2D eigenvalue weighted by atomic mass is 10.2. The van der Waals surface area contributed by atoms with Gasteiger partial charge in [0.2, 0.25) is 5.91 Å². The molecular weight excluding hydrogens is 332 g/mol. The number of hydrogen-bond acceptors (Lipinski definition) is 7. The molecule has 3 heterocycles. The molecule has 9 heteroatoms. The minimum absolute atomic E-state index is 0.0404. The van der Waals surface area contributed by atoms with E-state index in [4.69, 9.17) is 0 Å². The third-order valence-corrected chi connectivity index (χ3v) is 4.91. The van der Waals surface area contributed by atoms with E-state index in [1.807, 2.05) is 31.3 Å². The zero-order valence-electron chi connectivity index (χ0n) is 12.3. The van der Waals surface area contributed by atoms with E-state index in [1.165, 1.54) is 23.1 Å². The number of thioether (sulfide) groups is 1. The van der Waals surface area contributed by atoms with Crippen LogP contribution in [0.2, 0.25) is 0 Å². The molecule has 0 spiro atoms. The summed E-state index contributed by atoms with van der Waals surface area (Å²) in [5.74, 6) is 0.701. The van der Waals surface area contributed by atoms with Crippen molar-refractivity contribution in [1.82, 2.24) is 30.3 Å². The van der Waals surface area contributed by atoms with Crippen LogP contribution in [0.25, 0.3) is 5.82 Å². The van der Waals surface area contributed by atoms with Gasteiger partial charge in [-0.15, -0.1) is 10.2 Å². The smallest absolute Gasteiger partial charge is 0.233 e. The van der Waals surface area contributed by atoms with Gasteiger partial charge in [0, 0.05) is 25.1 Å². The Labute approximate surface area is 141 Å². The fourth-order valence-corrected chi connectivity index (χ4v) is 3.46. The lowest BCUT2D eigenvalue weighted by Gasteiger charge is -2.10. The van der Waals surface area contributed by atoms with E-state index in [2.05, 4.69) is 25.6 Å². The SMILES string of the molecule is CC(Sc1nncs1)C(=O)NCc1ccc(-n2cccn2)nc1. The molecule has 0 aromatic carbocycles. The van der Waals surface area contributed by atoms with Crippen LogP contribution in [0.4, 0.5) is 0 Å². The molecule has 3 rings (SSSR count). The van der Waals surface area contributed by atoms with Crippen molar-refractivity contribution in [3.05, 3.63) is 47.9 Å². The van der Waals surface area contributed by atoms with Crippen molar-refractivity contribution in [1.29, 1.82) is 0 Å². The highest BCUT2D eigenvalue weighted by Gasteiger charge is 2.15. The van der Waals surface area contributed by atoms with Gasteiger partial charge in [-0.1, -0.05) is 29.2 Å². The molecule has 1 N–H and O–H groups in total. The average molecular weight is 346 g/mol. The van der Waals surface area contributed by atoms with Gasteiger partial charge < -0.3 is 5.32 Å². The van der Waals surface area contributed by atoms with Gasteiger partial charge in [-0.25, -0.2) is 9.67 Å². The first-order valence-corrected chi connectivity index (χ1v) is 8.64. The lowest BCUT2D eigenvalue weighted by Crippen LogP contribution is -2.30. The normalized spacial score (nSPS) is 12.0. The third kappa shape index (κ3) is 4.14. The van der Waals surface area contributed by atoms with Crippen LogP contribution in [-0.4, -0.2) is 36.1 Å². The standard InChI is InChI=1S/C14H14N6OS2/c1-10(23-14-19-17-9-22-14)13(21)16-8-11-3-4-12(15-7-11)20-6-2-5-18-20/h2-7,9-10H,8H2,1H3,(H,16,21). The van der Waals surface area contributed by atoms with Crippen LogP contribution < -0.4 is 5.32 Å². The second kappa shape index (κ2) is 7.34. The maximum absolute atomic E-state index is 12.1. The van der Waals surface area contributed by atoms with Crippen molar-refractivity contribution in [2.75, 3.05) is 0 Å². The molecule has 0 aliphatic carbocycles.